The predicted octanol–water partition coefficient (Wildman–Crippen LogP) is 1.85. The Labute approximate surface area is 167 Å². The van der Waals surface area contributed by atoms with E-state index in [1.807, 2.05) is 35.2 Å². The summed E-state index contributed by atoms with van der Waals surface area (Å²) in [7, 11) is 0. The number of aliphatic hydroxyl groups excluding tert-OH is 1. The number of fused-ring (bicyclic) bond motifs is 2. The Hall–Kier alpha value is -3.26. The normalized spacial score (nSPS) is 20.8. The van der Waals surface area contributed by atoms with Gasteiger partial charge in [0.25, 0.3) is 0 Å². The van der Waals surface area contributed by atoms with E-state index < -0.39 is 6.10 Å². The lowest BCUT2D eigenvalue weighted by molar-refractivity contribution is -0.121. The predicted molar refractivity (Wildman–Crippen MR) is 105 cm³/mol. The molecule has 29 heavy (non-hydrogen) atoms. The zero-order valence-electron chi connectivity index (χ0n) is 15.7. The van der Waals surface area contributed by atoms with Gasteiger partial charge in [-0.25, -0.2) is 4.98 Å². The highest BCUT2D eigenvalue weighted by atomic mass is 16.7. The van der Waals surface area contributed by atoms with Crippen LogP contribution in [0.5, 0.6) is 11.5 Å². The topological polar surface area (TPSA) is 97.1 Å². The second-order valence-corrected chi connectivity index (χ2v) is 7.39. The Kier molecular flexibility index (Phi) is 4.48. The molecular formula is C21H21N3O5. The Balaban J connectivity index is 1.27. The van der Waals surface area contributed by atoms with Gasteiger partial charge in [-0.05, 0) is 36.2 Å². The largest absolute Gasteiger partial charge is 0.464 e. The van der Waals surface area contributed by atoms with Crippen LogP contribution in [0, 0.1) is 0 Å². The van der Waals surface area contributed by atoms with E-state index in [2.05, 4.69) is 10.3 Å². The van der Waals surface area contributed by atoms with Crippen LogP contribution in [-0.4, -0.2) is 48.0 Å². The van der Waals surface area contributed by atoms with Gasteiger partial charge in [-0.1, -0.05) is 6.07 Å². The van der Waals surface area contributed by atoms with Crippen molar-refractivity contribution in [2.75, 3.05) is 24.8 Å². The summed E-state index contributed by atoms with van der Waals surface area (Å²) < 4.78 is 16.1. The standard InChI is InChI=1S/C21H21N3O5/c25-15-9-14(10-24(11-15)21-16-4-6-27-17(16)3-5-22-21)23-20(26)8-13-1-2-18-19(7-13)29-12-28-18/h1-7,14-15,25H,8-12H2,(H,23,26)/t14-,15+/m0/s1. The van der Waals surface area contributed by atoms with Crippen molar-refractivity contribution in [2.45, 2.75) is 25.0 Å². The molecular weight excluding hydrogens is 374 g/mol. The number of aromatic nitrogens is 1. The highest BCUT2D eigenvalue weighted by molar-refractivity contribution is 5.88. The molecule has 2 atom stereocenters. The molecule has 2 aromatic heterocycles. The van der Waals surface area contributed by atoms with Crippen LogP contribution in [0.2, 0.25) is 0 Å². The number of pyridine rings is 1. The van der Waals surface area contributed by atoms with Crippen molar-refractivity contribution in [3.05, 3.63) is 48.4 Å². The second kappa shape index (κ2) is 7.29. The smallest absolute Gasteiger partial charge is 0.231 e. The van der Waals surface area contributed by atoms with Gasteiger partial charge < -0.3 is 29.2 Å². The van der Waals surface area contributed by atoms with E-state index >= 15 is 0 Å². The molecule has 150 valence electrons. The fourth-order valence-corrected chi connectivity index (χ4v) is 4.00. The fourth-order valence-electron chi connectivity index (χ4n) is 4.00. The van der Waals surface area contributed by atoms with Gasteiger partial charge >= 0.3 is 0 Å². The number of piperidine rings is 1. The number of rotatable bonds is 4. The van der Waals surface area contributed by atoms with E-state index in [1.165, 1.54) is 0 Å². The van der Waals surface area contributed by atoms with Gasteiger partial charge in [-0.15, -0.1) is 0 Å². The number of amides is 1. The summed E-state index contributed by atoms with van der Waals surface area (Å²) in [5.74, 6) is 2.01. The Morgan fingerprint density at radius 2 is 2.10 bits per heavy atom. The lowest BCUT2D eigenvalue weighted by atomic mass is 10.0. The molecule has 0 saturated carbocycles. The summed E-state index contributed by atoms with van der Waals surface area (Å²) in [6.07, 6.45) is 3.50. The third-order valence-corrected chi connectivity index (χ3v) is 5.25. The minimum atomic E-state index is -0.552. The average molecular weight is 395 g/mol. The first-order valence-corrected chi connectivity index (χ1v) is 9.59. The number of nitrogens with one attached hydrogen (secondary N) is 1. The molecule has 0 radical (unpaired) electrons. The van der Waals surface area contributed by atoms with Crippen molar-refractivity contribution in [3.8, 4) is 11.5 Å². The van der Waals surface area contributed by atoms with E-state index in [0.29, 0.717) is 31.0 Å². The monoisotopic (exact) mass is 395 g/mol. The fraction of sp³-hybridized carbons (Fsp3) is 0.333. The molecule has 8 nitrogen and oxygen atoms in total. The van der Waals surface area contributed by atoms with Gasteiger partial charge in [-0.2, -0.15) is 0 Å². The number of carbonyl (C=O) groups is 1. The number of nitrogens with zero attached hydrogens (tertiary/aromatic N) is 2. The maximum Gasteiger partial charge on any atom is 0.231 e. The molecule has 0 spiro atoms. The zero-order valence-corrected chi connectivity index (χ0v) is 15.7. The highest BCUT2D eigenvalue weighted by Gasteiger charge is 2.29. The number of benzene rings is 1. The summed E-state index contributed by atoms with van der Waals surface area (Å²) in [6.45, 7) is 1.24. The quantitative estimate of drug-likeness (QED) is 0.696. The maximum absolute atomic E-state index is 12.6. The van der Waals surface area contributed by atoms with Crippen molar-refractivity contribution in [2.24, 2.45) is 0 Å². The lowest BCUT2D eigenvalue weighted by Crippen LogP contribution is -2.53. The summed E-state index contributed by atoms with van der Waals surface area (Å²) in [5, 5.41) is 14.3. The molecule has 1 aromatic carbocycles. The van der Waals surface area contributed by atoms with E-state index in [4.69, 9.17) is 13.9 Å². The molecule has 3 aromatic rings. The van der Waals surface area contributed by atoms with Crippen LogP contribution in [0.4, 0.5) is 5.82 Å². The van der Waals surface area contributed by atoms with E-state index in [9.17, 15) is 9.90 Å². The Morgan fingerprint density at radius 1 is 1.21 bits per heavy atom. The Morgan fingerprint density at radius 3 is 3.03 bits per heavy atom. The second-order valence-electron chi connectivity index (χ2n) is 7.39. The molecule has 2 N–H and O–H groups in total. The molecule has 5 rings (SSSR count). The maximum atomic E-state index is 12.6. The van der Waals surface area contributed by atoms with Gasteiger partial charge in [0.1, 0.15) is 11.4 Å². The third-order valence-electron chi connectivity index (χ3n) is 5.25. The number of ether oxygens (including phenoxy) is 2. The summed E-state index contributed by atoms with van der Waals surface area (Å²) in [4.78, 5) is 19.1. The lowest BCUT2D eigenvalue weighted by Gasteiger charge is -2.37. The van der Waals surface area contributed by atoms with Crippen LogP contribution >= 0.6 is 0 Å². The van der Waals surface area contributed by atoms with Crippen LogP contribution in [-0.2, 0) is 11.2 Å². The minimum Gasteiger partial charge on any atom is -0.464 e. The zero-order chi connectivity index (χ0) is 19.8. The van der Waals surface area contributed by atoms with E-state index in [1.54, 1.807) is 12.5 Å². The third kappa shape index (κ3) is 3.58. The summed E-state index contributed by atoms with van der Waals surface area (Å²) in [5.41, 5.74) is 1.60. The first-order valence-electron chi connectivity index (χ1n) is 9.59. The number of furan rings is 1. The number of carbonyl (C=O) groups excluding carboxylic acids is 1. The number of hydrogen-bond donors (Lipinski definition) is 2. The van der Waals surface area contributed by atoms with Gasteiger partial charge in [-0.3, -0.25) is 4.79 Å². The molecule has 8 heteroatoms. The van der Waals surface area contributed by atoms with Crippen molar-refractivity contribution in [1.29, 1.82) is 0 Å². The molecule has 2 aliphatic heterocycles. The van der Waals surface area contributed by atoms with Crippen LogP contribution in [0.15, 0.2) is 47.2 Å². The van der Waals surface area contributed by atoms with Crippen molar-refractivity contribution in [3.63, 3.8) is 0 Å². The Bertz CT molecular complexity index is 1050. The number of hydrogen-bond acceptors (Lipinski definition) is 7. The molecule has 1 amide bonds. The minimum absolute atomic E-state index is 0.0996. The van der Waals surface area contributed by atoms with Gasteiger partial charge in [0.2, 0.25) is 12.7 Å². The molecule has 1 saturated heterocycles. The van der Waals surface area contributed by atoms with Crippen LogP contribution < -0.4 is 19.7 Å². The molecule has 1 fully saturated rings. The average Bonchev–Trinajstić information content (AvgIpc) is 3.35. The van der Waals surface area contributed by atoms with Crippen molar-refractivity contribution in [1.82, 2.24) is 10.3 Å². The van der Waals surface area contributed by atoms with Crippen LogP contribution in [0.1, 0.15) is 12.0 Å². The molecule has 0 unspecified atom stereocenters. The SMILES string of the molecule is O=C(Cc1ccc2c(c1)OCO2)N[C@H]1C[C@@H](O)CN(c2nccc3occc23)C1. The summed E-state index contributed by atoms with van der Waals surface area (Å²) in [6, 6.07) is 9.00. The first-order chi connectivity index (χ1) is 14.2. The molecule has 4 heterocycles. The van der Waals surface area contributed by atoms with Crippen LogP contribution in [0.3, 0.4) is 0 Å². The molecule has 2 aliphatic rings. The number of aliphatic hydroxyl groups is 1. The van der Waals surface area contributed by atoms with E-state index in [0.717, 1.165) is 22.4 Å². The van der Waals surface area contributed by atoms with Crippen LogP contribution in [0.25, 0.3) is 11.0 Å². The number of β-amino-alcohol motifs (C(OH)–C–C–N with tert-alkyl or cyclic N) is 1. The van der Waals surface area contributed by atoms with Crippen molar-refractivity contribution >= 4 is 22.7 Å². The van der Waals surface area contributed by atoms with Gasteiger partial charge in [0.15, 0.2) is 11.5 Å². The highest BCUT2D eigenvalue weighted by Crippen LogP contribution is 2.32. The first kappa shape index (κ1) is 17.8. The summed E-state index contributed by atoms with van der Waals surface area (Å²) >= 11 is 0. The van der Waals surface area contributed by atoms with E-state index in [-0.39, 0.29) is 25.2 Å². The molecule has 0 bridgehead atoms. The number of anilines is 1. The molecule has 0 aliphatic carbocycles. The van der Waals surface area contributed by atoms with Gasteiger partial charge in [0, 0.05) is 25.3 Å². The van der Waals surface area contributed by atoms with Crippen molar-refractivity contribution < 1.29 is 23.8 Å². The van der Waals surface area contributed by atoms with Gasteiger partial charge in [0.05, 0.1) is 24.2 Å².